The Morgan fingerprint density at radius 3 is 3.00 bits per heavy atom. The summed E-state index contributed by atoms with van der Waals surface area (Å²) in [7, 11) is 1.58. The van der Waals surface area contributed by atoms with Crippen molar-refractivity contribution in [3.05, 3.63) is 15.7 Å². The van der Waals surface area contributed by atoms with Gasteiger partial charge in [-0.05, 0) is 34.7 Å². The first-order valence-corrected chi connectivity index (χ1v) is 4.69. The Labute approximate surface area is 88.2 Å². The molecule has 0 radical (unpaired) electrons. The lowest BCUT2D eigenvalue weighted by Crippen LogP contribution is -1.87. The van der Waals surface area contributed by atoms with Gasteiger partial charge in [-0.15, -0.1) is 0 Å². The molecule has 1 aromatic carbocycles. The van der Waals surface area contributed by atoms with E-state index in [1.54, 1.807) is 7.11 Å². The summed E-state index contributed by atoms with van der Waals surface area (Å²) in [4.78, 5) is 0. The Hall–Kier alpha value is -0.980. The summed E-state index contributed by atoms with van der Waals surface area (Å²) in [6.45, 7) is 0. The highest BCUT2D eigenvalue weighted by atomic mass is 127. The Kier molecular flexibility index (Phi) is 2.03. The molecule has 5 heteroatoms. The average Bonchev–Trinajstić information content (AvgIpc) is 2.50. The van der Waals surface area contributed by atoms with Gasteiger partial charge in [0.15, 0.2) is 11.6 Å². The number of anilines is 1. The van der Waals surface area contributed by atoms with E-state index in [0.717, 1.165) is 8.96 Å². The molecule has 0 aliphatic heterocycles. The van der Waals surface area contributed by atoms with Gasteiger partial charge in [-0.1, -0.05) is 5.16 Å². The molecule has 0 saturated carbocycles. The molecule has 0 fully saturated rings. The fraction of sp³-hybridized carbons (Fsp3) is 0.125. The smallest absolute Gasteiger partial charge is 0.211 e. The van der Waals surface area contributed by atoms with E-state index in [4.69, 9.17) is 15.0 Å². The van der Waals surface area contributed by atoms with E-state index in [-0.39, 0.29) is 0 Å². The third-order valence-corrected chi connectivity index (χ3v) is 2.68. The van der Waals surface area contributed by atoms with Crippen molar-refractivity contribution in [3.63, 3.8) is 0 Å². The van der Waals surface area contributed by atoms with Crippen LogP contribution < -0.4 is 10.5 Å². The Morgan fingerprint density at radius 1 is 1.54 bits per heavy atom. The summed E-state index contributed by atoms with van der Waals surface area (Å²) >= 11 is 2.18. The number of rotatable bonds is 1. The van der Waals surface area contributed by atoms with Crippen molar-refractivity contribution in [2.24, 2.45) is 0 Å². The molecular weight excluding hydrogens is 283 g/mol. The van der Waals surface area contributed by atoms with Crippen LogP contribution in [0.1, 0.15) is 0 Å². The monoisotopic (exact) mass is 290 g/mol. The lowest BCUT2D eigenvalue weighted by atomic mass is 10.2. The molecule has 0 amide bonds. The van der Waals surface area contributed by atoms with Gasteiger partial charge >= 0.3 is 0 Å². The van der Waals surface area contributed by atoms with Gasteiger partial charge < -0.3 is 15.0 Å². The highest BCUT2D eigenvalue weighted by Crippen LogP contribution is 2.32. The quantitative estimate of drug-likeness (QED) is 0.816. The zero-order valence-corrected chi connectivity index (χ0v) is 9.03. The van der Waals surface area contributed by atoms with Crippen molar-refractivity contribution >= 4 is 39.4 Å². The van der Waals surface area contributed by atoms with Gasteiger partial charge in [0.05, 0.1) is 12.5 Å². The van der Waals surface area contributed by atoms with Crippen molar-refractivity contribution in [1.82, 2.24) is 5.16 Å². The lowest BCUT2D eigenvalue weighted by Gasteiger charge is -1.99. The predicted octanol–water partition coefficient (Wildman–Crippen LogP) is 2.02. The van der Waals surface area contributed by atoms with Crippen LogP contribution in [-0.2, 0) is 0 Å². The molecule has 0 spiro atoms. The molecule has 0 atom stereocenters. The number of nitrogens with two attached hydrogens (primary N) is 1. The van der Waals surface area contributed by atoms with Crippen molar-refractivity contribution in [3.8, 4) is 5.75 Å². The average molecular weight is 290 g/mol. The molecule has 1 aromatic heterocycles. The van der Waals surface area contributed by atoms with Crippen LogP contribution in [0.3, 0.4) is 0 Å². The largest absolute Gasteiger partial charge is 0.493 e. The highest BCUT2D eigenvalue weighted by Gasteiger charge is 2.13. The number of methoxy groups -OCH3 is 1. The van der Waals surface area contributed by atoms with Crippen LogP contribution in [0.5, 0.6) is 5.75 Å². The Morgan fingerprint density at radius 2 is 2.31 bits per heavy atom. The molecule has 0 saturated heterocycles. The van der Waals surface area contributed by atoms with Gasteiger partial charge in [0.25, 0.3) is 0 Å². The molecule has 0 bridgehead atoms. The van der Waals surface area contributed by atoms with Gasteiger partial charge in [0.1, 0.15) is 0 Å². The Bertz CT molecular complexity index is 453. The number of nitrogens with zero attached hydrogens (tertiary/aromatic N) is 1. The molecule has 2 rings (SSSR count). The van der Waals surface area contributed by atoms with Crippen LogP contribution in [0, 0.1) is 3.57 Å². The third kappa shape index (κ3) is 1.23. The summed E-state index contributed by atoms with van der Waals surface area (Å²) in [5.41, 5.74) is 6.24. The van der Waals surface area contributed by atoms with Crippen LogP contribution in [0.15, 0.2) is 16.7 Å². The zero-order valence-electron chi connectivity index (χ0n) is 6.87. The van der Waals surface area contributed by atoms with E-state index in [9.17, 15) is 0 Å². The van der Waals surface area contributed by atoms with Crippen molar-refractivity contribution in [2.45, 2.75) is 0 Å². The summed E-state index contributed by atoms with van der Waals surface area (Å²) in [5.74, 6) is 1.05. The number of halogens is 1. The zero-order chi connectivity index (χ0) is 9.42. The van der Waals surface area contributed by atoms with Gasteiger partial charge in [0.2, 0.25) is 5.58 Å². The molecule has 2 N–H and O–H groups in total. The minimum absolute atomic E-state index is 0.401. The number of ether oxygens (including phenoxy) is 1. The standard InChI is InChI=1S/C8H7IN2O2/c1-12-5-3-2-4(9)6-7(5)13-11-8(6)10/h2-3H,1H3,(H2,10,11). The molecular formula is C8H7IN2O2. The second kappa shape index (κ2) is 3.06. The molecule has 0 aliphatic rings. The maximum absolute atomic E-state index is 5.64. The second-order valence-electron chi connectivity index (χ2n) is 2.52. The molecule has 2 aromatic rings. The number of hydrogen-bond acceptors (Lipinski definition) is 4. The van der Waals surface area contributed by atoms with Gasteiger partial charge in [-0.25, -0.2) is 0 Å². The van der Waals surface area contributed by atoms with Crippen LogP contribution in [0.25, 0.3) is 11.0 Å². The SMILES string of the molecule is COc1ccc(I)c2c(N)noc12. The molecule has 4 nitrogen and oxygen atoms in total. The van der Waals surface area contributed by atoms with E-state index < -0.39 is 0 Å². The number of benzene rings is 1. The van der Waals surface area contributed by atoms with E-state index >= 15 is 0 Å². The summed E-state index contributed by atoms with van der Waals surface area (Å²) < 4.78 is 11.2. The van der Waals surface area contributed by atoms with Gasteiger partial charge in [-0.2, -0.15) is 0 Å². The van der Waals surface area contributed by atoms with Crippen LogP contribution >= 0.6 is 22.6 Å². The predicted molar refractivity (Wildman–Crippen MR) is 57.7 cm³/mol. The van der Waals surface area contributed by atoms with Crippen molar-refractivity contribution < 1.29 is 9.26 Å². The Balaban J connectivity index is 2.87. The van der Waals surface area contributed by atoms with E-state index in [0.29, 0.717) is 17.2 Å². The van der Waals surface area contributed by atoms with E-state index in [1.807, 2.05) is 12.1 Å². The summed E-state index contributed by atoms with van der Waals surface area (Å²) in [6.07, 6.45) is 0. The van der Waals surface area contributed by atoms with Crippen LogP contribution in [-0.4, -0.2) is 12.3 Å². The highest BCUT2D eigenvalue weighted by molar-refractivity contribution is 14.1. The first kappa shape index (κ1) is 8.61. The van der Waals surface area contributed by atoms with E-state index in [1.165, 1.54) is 0 Å². The maximum Gasteiger partial charge on any atom is 0.211 e. The summed E-state index contributed by atoms with van der Waals surface area (Å²) in [5, 5.41) is 4.50. The first-order chi connectivity index (χ1) is 6.24. The number of hydrogen-bond donors (Lipinski definition) is 1. The van der Waals surface area contributed by atoms with Crippen molar-refractivity contribution in [2.75, 3.05) is 12.8 Å². The van der Waals surface area contributed by atoms with Gasteiger partial charge in [0, 0.05) is 3.57 Å². The lowest BCUT2D eigenvalue weighted by molar-refractivity contribution is 0.394. The third-order valence-electron chi connectivity index (χ3n) is 1.78. The topological polar surface area (TPSA) is 61.3 Å². The number of aromatic nitrogens is 1. The molecule has 0 unspecified atom stereocenters. The van der Waals surface area contributed by atoms with Gasteiger partial charge in [-0.3, -0.25) is 0 Å². The minimum atomic E-state index is 0.401. The number of nitrogen functional groups attached to an aromatic ring is 1. The molecule has 1 heterocycles. The fourth-order valence-electron chi connectivity index (χ4n) is 1.17. The summed E-state index contributed by atoms with van der Waals surface area (Å²) in [6, 6.07) is 3.74. The van der Waals surface area contributed by atoms with Crippen molar-refractivity contribution in [1.29, 1.82) is 0 Å². The van der Waals surface area contributed by atoms with Crippen LogP contribution in [0.4, 0.5) is 5.82 Å². The first-order valence-electron chi connectivity index (χ1n) is 3.61. The molecule has 0 aliphatic carbocycles. The second-order valence-corrected chi connectivity index (χ2v) is 3.68. The molecule has 68 valence electrons. The maximum atomic E-state index is 5.64. The fourth-order valence-corrected chi connectivity index (χ4v) is 1.87. The normalized spacial score (nSPS) is 10.6. The number of fused-ring (bicyclic) bond motifs is 1. The van der Waals surface area contributed by atoms with E-state index in [2.05, 4.69) is 27.7 Å². The van der Waals surface area contributed by atoms with Crippen LogP contribution in [0.2, 0.25) is 0 Å². The molecule has 13 heavy (non-hydrogen) atoms. The minimum Gasteiger partial charge on any atom is -0.493 e.